The Kier molecular flexibility index (Phi) is 7.70. The number of hydrogen-bond donors (Lipinski definition) is 0. The lowest BCUT2D eigenvalue weighted by molar-refractivity contribution is 0.660. The zero-order chi connectivity index (χ0) is 43.7. The summed E-state index contributed by atoms with van der Waals surface area (Å²) in [5.74, 6) is 0. The third kappa shape index (κ3) is 4.91. The average molecular weight is 841 g/mol. The van der Waals surface area contributed by atoms with Gasteiger partial charge in [-0.3, -0.25) is 0 Å². The Balaban J connectivity index is 1.04. The van der Waals surface area contributed by atoms with Gasteiger partial charge in [0, 0.05) is 33.1 Å². The van der Waals surface area contributed by atoms with E-state index < -0.39 is 5.41 Å². The second-order valence-corrected chi connectivity index (χ2v) is 18.8. The normalized spacial score (nSPS) is 14.2. The van der Waals surface area contributed by atoms with E-state index in [-0.39, 0.29) is 5.41 Å². The van der Waals surface area contributed by atoms with Gasteiger partial charge in [-0.25, -0.2) is 0 Å². The monoisotopic (exact) mass is 840 g/mol. The van der Waals surface area contributed by atoms with Gasteiger partial charge in [-0.1, -0.05) is 196 Å². The summed E-state index contributed by atoms with van der Waals surface area (Å²) in [5, 5.41) is 2.57. The predicted octanol–water partition coefficient (Wildman–Crippen LogP) is 16.6. The van der Waals surface area contributed by atoms with E-state index in [9.17, 15) is 0 Å². The Morgan fingerprint density at radius 2 is 0.924 bits per heavy atom. The molecule has 3 aliphatic rings. The molecule has 310 valence electrons. The van der Waals surface area contributed by atoms with Crippen LogP contribution in [0.2, 0.25) is 0 Å². The summed E-state index contributed by atoms with van der Waals surface area (Å²) in [6.45, 7) is 4.72. The molecule has 2 heteroatoms. The molecule has 2 nitrogen and oxygen atoms in total. The number of hydrogen-bond acceptors (Lipinski definition) is 1. The minimum atomic E-state index is -0.540. The van der Waals surface area contributed by atoms with Crippen molar-refractivity contribution in [3.8, 4) is 50.2 Å². The van der Waals surface area contributed by atoms with Crippen LogP contribution in [-0.4, -0.2) is 4.57 Å². The highest BCUT2D eigenvalue weighted by Gasteiger charge is 2.51. The van der Waals surface area contributed by atoms with E-state index in [1.54, 1.807) is 0 Å². The van der Waals surface area contributed by atoms with E-state index in [4.69, 9.17) is 0 Å². The number of anilines is 3. The molecule has 1 aromatic heterocycles. The van der Waals surface area contributed by atoms with E-state index >= 15 is 0 Å². The largest absolute Gasteiger partial charge is 0.310 e. The molecule has 66 heavy (non-hydrogen) atoms. The quantitative estimate of drug-likeness (QED) is 0.168. The van der Waals surface area contributed by atoms with Gasteiger partial charge in [0.1, 0.15) is 0 Å². The number of fused-ring (bicyclic) bond motifs is 15. The third-order valence-electron chi connectivity index (χ3n) is 15.2. The van der Waals surface area contributed by atoms with Crippen molar-refractivity contribution in [2.45, 2.75) is 24.7 Å². The number of benzene rings is 10. The maximum atomic E-state index is 2.55. The Labute approximate surface area is 385 Å². The molecule has 0 amide bonds. The first kappa shape index (κ1) is 37.2. The van der Waals surface area contributed by atoms with Crippen molar-refractivity contribution in [1.29, 1.82) is 0 Å². The standard InChI is InChI=1S/C64H44N2/c1-63(2)53-28-11-6-25-49(53)52-40-45(35-36-54(52)63)65(44-21-16-20-42(38-44)41-18-4-3-5-19-41)59-32-14-9-22-46(59)43-34-37-61-58(39-43)64(55-29-12-7-23-47(55)48-24-8-13-30-56(48)64)57-31-17-27-51-50-26-10-15-33-60(50)66(61)62(51)57/h3-40H,1-2H3. The average Bonchev–Trinajstić information content (AvgIpc) is 3.95. The van der Waals surface area contributed by atoms with Crippen molar-refractivity contribution in [3.05, 3.63) is 264 Å². The van der Waals surface area contributed by atoms with E-state index in [1.807, 2.05) is 0 Å². The molecule has 1 aliphatic heterocycles. The second-order valence-electron chi connectivity index (χ2n) is 18.8. The SMILES string of the molecule is CC1(C)c2ccccc2-c2cc(N(c3cccc(-c4ccccc4)c3)c3ccccc3-c3ccc4c(c3)C3(c5ccccc5-c5ccccc53)c3cccc5c6ccccc6n-4c35)ccc21. The molecule has 2 heterocycles. The van der Waals surface area contributed by atoms with Crippen LogP contribution in [0.4, 0.5) is 17.1 Å². The molecular formula is C64H44N2. The zero-order valence-electron chi connectivity index (χ0n) is 36.8. The van der Waals surface area contributed by atoms with Crippen LogP contribution in [0.3, 0.4) is 0 Å². The topological polar surface area (TPSA) is 8.17 Å². The number of rotatable bonds is 5. The van der Waals surface area contributed by atoms with Crippen molar-refractivity contribution in [1.82, 2.24) is 4.57 Å². The lowest BCUT2D eigenvalue weighted by atomic mass is 9.65. The molecule has 2 aliphatic carbocycles. The van der Waals surface area contributed by atoms with Crippen LogP contribution in [0.5, 0.6) is 0 Å². The first-order chi connectivity index (χ1) is 32.5. The fourth-order valence-corrected chi connectivity index (χ4v) is 12.4. The first-order valence-corrected chi connectivity index (χ1v) is 23.2. The van der Waals surface area contributed by atoms with Crippen LogP contribution in [0.25, 0.3) is 72.0 Å². The Morgan fingerprint density at radius 3 is 1.71 bits per heavy atom. The molecule has 1 spiro atoms. The molecular weight excluding hydrogens is 797 g/mol. The van der Waals surface area contributed by atoms with Gasteiger partial charge in [0.15, 0.2) is 0 Å². The smallest absolute Gasteiger partial charge is 0.0754 e. The van der Waals surface area contributed by atoms with Crippen LogP contribution in [-0.2, 0) is 10.8 Å². The molecule has 0 radical (unpaired) electrons. The van der Waals surface area contributed by atoms with Gasteiger partial charge < -0.3 is 9.47 Å². The summed E-state index contributed by atoms with van der Waals surface area (Å²) < 4.78 is 2.55. The summed E-state index contributed by atoms with van der Waals surface area (Å²) in [6, 6.07) is 86.4. The minimum absolute atomic E-state index is 0.0910. The Hall–Kier alpha value is -8.20. The number of para-hydroxylation sites is 3. The Morgan fingerprint density at radius 1 is 0.348 bits per heavy atom. The fourth-order valence-electron chi connectivity index (χ4n) is 12.4. The molecule has 14 rings (SSSR count). The van der Waals surface area contributed by atoms with Crippen LogP contribution in [0.1, 0.15) is 47.2 Å². The summed E-state index contributed by atoms with van der Waals surface area (Å²) in [7, 11) is 0. The first-order valence-electron chi connectivity index (χ1n) is 23.2. The zero-order valence-corrected chi connectivity index (χ0v) is 36.8. The van der Waals surface area contributed by atoms with E-state index in [0.29, 0.717) is 0 Å². The molecule has 0 N–H and O–H groups in total. The Bertz CT molecular complexity index is 3760. The molecule has 0 atom stereocenters. The summed E-state index contributed by atoms with van der Waals surface area (Å²) in [5.41, 5.74) is 24.4. The lowest BCUT2D eigenvalue weighted by Crippen LogP contribution is -2.33. The van der Waals surface area contributed by atoms with Gasteiger partial charge in [-0.15, -0.1) is 0 Å². The van der Waals surface area contributed by atoms with Crippen molar-refractivity contribution in [2.24, 2.45) is 0 Å². The van der Waals surface area contributed by atoms with Crippen LogP contribution in [0.15, 0.2) is 231 Å². The van der Waals surface area contributed by atoms with Crippen molar-refractivity contribution >= 4 is 38.9 Å². The summed E-state index contributed by atoms with van der Waals surface area (Å²) in [6.07, 6.45) is 0. The highest BCUT2D eigenvalue weighted by Crippen LogP contribution is 2.62. The molecule has 0 saturated carbocycles. The predicted molar refractivity (Wildman–Crippen MR) is 275 cm³/mol. The van der Waals surface area contributed by atoms with E-state index in [1.165, 1.54) is 105 Å². The maximum absolute atomic E-state index is 2.55. The number of nitrogens with zero attached hydrogens (tertiary/aromatic N) is 2. The van der Waals surface area contributed by atoms with Gasteiger partial charge in [0.2, 0.25) is 0 Å². The van der Waals surface area contributed by atoms with Gasteiger partial charge in [0.25, 0.3) is 0 Å². The van der Waals surface area contributed by atoms with Gasteiger partial charge in [0.05, 0.1) is 27.8 Å². The second kappa shape index (κ2) is 13.7. The molecule has 10 aromatic carbocycles. The van der Waals surface area contributed by atoms with Gasteiger partial charge >= 0.3 is 0 Å². The van der Waals surface area contributed by atoms with Crippen LogP contribution in [0, 0.1) is 0 Å². The highest BCUT2D eigenvalue weighted by atomic mass is 15.1. The highest BCUT2D eigenvalue weighted by molar-refractivity contribution is 6.13. The third-order valence-corrected chi connectivity index (χ3v) is 15.2. The van der Waals surface area contributed by atoms with Gasteiger partial charge in [-0.2, -0.15) is 0 Å². The molecule has 0 unspecified atom stereocenters. The summed E-state index contributed by atoms with van der Waals surface area (Å²) >= 11 is 0. The van der Waals surface area contributed by atoms with E-state index in [2.05, 4.69) is 254 Å². The maximum Gasteiger partial charge on any atom is 0.0754 e. The van der Waals surface area contributed by atoms with Gasteiger partial charge in [-0.05, 0) is 121 Å². The lowest BCUT2D eigenvalue weighted by Gasteiger charge is -2.40. The molecule has 0 saturated heterocycles. The summed E-state index contributed by atoms with van der Waals surface area (Å²) in [4.78, 5) is 2.49. The number of aromatic nitrogens is 1. The van der Waals surface area contributed by atoms with Crippen molar-refractivity contribution in [3.63, 3.8) is 0 Å². The minimum Gasteiger partial charge on any atom is -0.310 e. The van der Waals surface area contributed by atoms with Crippen molar-refractivity contribution < 1.29 is 0 Å². The van der Waals surface area contributed by atoms with Crippen LogP contribution < -0.4 is 4.90 Å². The molecule has 0 fully saturated rings. The van der Waals surface area contributed by atoms with E-state index in [0.717, 1.165) is 17.1 Å². The van der Waals surface area contributed by atoms with Crippen molar-refractivity contribution in [2.75, 3.05) is 4.90 Å². The fraction of sp³-hybridized carbons (Fsp3) is 0.0625. The molecule has 0 bridgehead atoms. The van der Waals surface area contributed by atoms with Crippen LogP contribution >= 0.6 is 0 Å². The molecule has 11 aromatic rings.